The lowest BCUT2D eigenvalue weighted by Gasteiger charge is -2.17. The molecule has 1 aromatic carbocycles. The maximum Gasteiger partial charge on any atom is 0.166 e. The summed E-state index contributed by atoms with van der Waals surface area (Å²) in [6.07, 6.45) is 4.21. The van der Waals surface area contributed by atoms with E-state index in [1.807, 2.05) is 6.92 Å². The minimum Gasteiger partial charge on any atom is -0.397 e. The lowest BCUT2D eigenvalue weighted by Crippen LogP contribution is -2.23. The first-order valence-corrected chi connectivity index (χ1v) is 9.33. The molecule has 2 rings (SSSR count). The molecule has 0 aromatic heterocycles. The van der Waals surface area contributed by atoms with Crippen LogP contribution in [0.25, 0.3) is 0 Å². The van der Waals surface area contributed by atoms with Crippen LogP contribution in [0, 0.1) is 11.8 Å². The highest BCUT2D eigenvalue weighted by molar-refractivity contribution is 8.18. The highest BCUT2D eigenvalue weighted by atomic mass is 35.5. The van der Waals surface area contributed by atoms with Crippen molar-refractivity contribution in [3.05, 3.63) is 57.7 Å². The Labute approximate surface area is 163 Å². The number of aldehydes is 1. The number of hydrogen-bond donors (Lipinski definition) is 2. The topological polar surface area (TPSA) is 92.8 Å². The van der Waals surface area contributed by atoms with Crippen LogP contribution in [0.5, 0.6) is 0 Å². The Morgan fingerprint density at radius 3 is 2.69 bits per heavy atom. The average Bonchev–Trinajstić information content (AvgIpc) is 3.03. The molecule has 0 saturated carbocycles. The van der Waals surface area contributed by atoms with Crippen LogP contribution in [0.2, 0.25) is 5.02 Å². The van der Waals surface area contributed by atoms with Crippen molar-refractivity contribution in [2.75, 3.05) is 6.61 Å². The van der Waals surface area contributed by atoms with E-state index < -0.39 is 0 Å². The Morgan fingerprint density at radius 1 is 1.50 bits per heavy atom. The number of halogens is 1. The second-order valence-electron chi connectivity index (χ2n) is 5.46. The number of benzene rings is 1. The zero-order valence-corrected chi connectivity index (χ0v) is 16.6. The summed E-state index contributed by atoms with van der Waals surface area (Å²) in [4.78, 5) is 28.6. The lowest BCUT2D eigenvalue weighted by atomic mass is 9.87. The van der Waals surface area contributed by atoms with Gasteiger partial charge in [-0.25, -0.2) is 4.99 Å². The highest BCUT2D eigenvalue weighted by Crippen LogP contribution is 2.37. The molecular weight excluding hydrogens is 372 g/mol. The molecule has 0 spiro atoms. The Kier molecular flexibility index (Phi) is 9.34. The molecule has 0 amide bonds. The molecule has 0 radical (unpaired) electrons. The van der Waals surface area contributed by atoms with Gasteiger partial charge in [0, 0.05) is 33.9 Å². The van der Waals surface area contributed by atoms with E-state index in [4.69, 9.17) is 22.4 Å². The first-order chi connectivity index (χ1) is 12.4. The van der Waals surface area contributed by atoms with Crippen molar-refractivity contribution in [3.8, 4) is 0 Å². The normalized spacial score (nSPS) is 19.4. The number of aliphatic hydroxyl groups excluding tert-OH is 1. The van der Waals surface area contributed by atoms with Gasteiger partial charge in [0.25, 0.3) is 0 Å². The molecule has 1 aliphatic rings. The second-order valence-corrected chi connectivity index (χ2v) is 6.99. The van der Waals surface area contributed by atoms with Crippen LogP contribution in [-0.4, -0.2) is 28.8 Å². The summed E-state index contributed by atoms with van der Waals surface area (Å²) in [7, 11) is 0. The molecule has 26 heavy (non-hydrogen) atoms. The third-order valence-corrected chi connectivity index (χ3v) is 4.84. The maximum absolute atomic E-state index is 12.7. The number of nitrogens with two attached hydrogens (primary N) is 1. The minimum absolute atomic E-state index is 0.0479. The van der Waals surface area contributed by atoms with Crippen LogP contribution in [0.1, 0.15) is 31.1 Å². The zero-order valence-electron chi connectivity index (χ0n) is 15.0. The van der Waals surface area contributed by atoms with Crippen LogP contribution in [0.15, 0.2) is 52.1 Å². The SMILES string of the molecule is C/C=C(N)\N=C1\SC(C=O)=CC1C(C)C(=O)c1cccc(Cl)c1.CCO. The molecule has 7 heteroatoms. The molecule has 1 heterocycles. The van der Waals surface area contributed by atoms with Crippen molar-refractivity contribution < 1.29 is 14.7 Å². The molecule has 0 bridgehead atoms. The zero-order chi connectivity index (χ0) is 19.7. The fourth-order valence-corrected chi connectivity index (χ4v) is 3.50. The van der Waals surface area contributed by atoms with Gasteiger partial charge in [-0.2, -0.15) is 0 Å². The molecule has 2 atom stereocenters. The molecule has 2 unspecified atom stereocenters. The minimum atomic E-state index is -0.373. The number of allylic oxidation sites excluding steroid dienone is 3. The summed E-state index contributed by atoms with van der Waals surface area (Å²) in [5.41, 5.74) is 6.30. The van der Waals surface area contributed by atoms with Crippen LogP contribution in [0.3, 0.4) is 0 Å². The van der Waals surface area contributed by atoms with Gasteiger partial charge < -0.3 is 10.8 Å². The Morgan fingerprint density at radius 2 is 2.15 bits per heavy atom. The molecule has 1 aliphatic heterocycles. The summed E-state index contributed by atoms with van der Waals surface area (Å²) >= 11 is 7.20. The first kappa shape index (κ1) is 22.2. The van der Waals surface area contributed by atoms with E-state index in [0.717, 1.165) is 6.29 Å². The maximum atomic E-state index is 12.7. The summed E-state index contributed by atoms with van der Waals surface area (Å²) in [5.74, 6) is -0.333. The number of carbonyl (C=O) groups excluding carboxylic acids is 2. The number of thioether (sulfide) groups is 1. The number of aliphatic imine (C=N–C) groups is 1. The Hall–Kier alpha value is -1.89. The largest absolute Gasteiger partial charge is 0.397 e. The van der Waals surface area contributed by atoms with Gasteiger partial charge in [0.2, 0.25) is 0 Å². The van der Waals surface area contributed by atoms with Gasteiger partial charge in [0.15, 0.2) is 12.1 Å². The molecule has 5 nitrogen and oxygen atoms in total. The number of carbonyl (C=O) groups is 2. The van der Waals surface area contributed by atoms with E-state index in [1.54, 1.807) is 50.3 Å². The molecule has 0 saturated heterocycles. The van der Waals surface area contributed by atoms with Gasteiger partial charge >= 0.3 is 0 Å². The molecule has 0 fully saturated rings. The summed E-state index contributed by atoms with van der Waals surface area (Å²) < 4.78 is 0. The third-order valence-electron chi connectivity index (χ3n) is 3.56. The molecular formula is C19H23ClN2O3S. The summed E-state index contributed by atoms with van der Waals surface area (Å²) in [5, 5.41) is 8.74. The highest BCUT2D eigenvalue weighted by Gasteiger charge is 2.33. The van der Waals surface area contributed by atoms with E-state index >= 15 is 0 Å². The second kappa shape index (κ2) is 11.0. The van der Waals surface area contributed by atoms with Gasteiger partial charge in [-0.1, -0.05) is 48.5 Å². The molecule has 3 N–H and O–H groups in total. The Bertz CT molecular complexity index is 744. The van der Waals surface area contributed by atoms with Crippen LogP contribution in [0.4, 0.5) is 0 Å². The average molecular weight is 395 g/mol. The summed E-state index contributed by atoms with van der Waals surface area (Å²) in [6.45, 7) is 5.53. The van der Waals surface area contributed by atoms with E-state index in [2.05, 4.69) is 4.99 Å². The van der Waals surface area contributed by atoms with Gasteiger partial charge in [-0.3, -0.25) is 9.59 Å². The van der Waals surface area contributed by atoms with Crippen molar-refractivity contribution in [1.82, 2.24) is 0 Å². The smallest absolute Gasteiger partial charge is 0.166 e. The molecule has 140 valence electrons. The van der Waals surface area contributed by atoms with Crippen molar-refractivity contribution in [3.63, 3.8) is 0 Å². The third kappa shape index (κ3) is 6.12. The Balaban J connectivity index is 0.00000105. The van der Waals surface area contributed by atoms with Gasteiger partial charge in [0.1, 0.15) is 5.82 Å². The van der Waals surface area contributed by atoms with Crippen LogP contribution in [-0.2, 0) is 4.79 Å². The van der Waals surface area contributed by atoms with Gasteiger partial charge in [0.05, 0.1) is 5.04 Å². The number of aliphatic hydroxyl groups is 1. The number of rotatable bonds is 5. The molecule has 0 aliphatic carbocycles. The monoisotopic (exact) mass is 394 g/mol. The van der Waals surface area contributed by atoms with E-state index in [-0.39, 0.29) is 24.2 Å². The van der Waals surface area contributed by atoms with Crippen molar-refractivity contribution in [2.45, 2.75) is 20.8 Å². The van der Waals surface area contributed by atoms with Crippen molar-refractivity contribution in [2.24, 2.45) is 22.6 Å². The quantitative estimate of drug-likeness (QED) is 0.585. The van der Waals surface area contributed by atoms with Crippen molar-refractivity contribution >= 4 is 40.5 Å². The van der Waals surface area contributed by atoms with E-state index in [9.17, 15) is 9.59 Å². The number of hydrogen-bond acceptors (Lipinski definition) is 6. The van der Waals surface area contributed by atoms with E-state index in [0.29, 0.717) is 26.4 Å². The van der Waals surface area contributed by atoms with Gasteiger partial charge in [-0.05, 0) is 32.1 Å². The molecule has 1 aromatic rings. The van der Waals surface area contributed by atoms with Crippen molar-refractivity contribution in [1.29, 1.82) is 0 Å². The fraction of sp³-hybridized carbons (Fsp3) is 0.316. The number of Topliss-reactive ketones (excluding diaryl/α,β-unsaturated/α-hetero) is 1. The van der Waals surface area contributed by atoms with Gasteiger partial charge in [-0.15, -0.1) is 0 Å². The predicted molar refractivity (Wildman–Crippen MR) is 108 cm³/mol. The fourth-order valence-electron chi connectivity index (χ4n) is 2.25. The number of ketones is 1. The predicted octanol–water partition coefficient (Wildman–Crippen LogP) is 3.82. The lowest BCUT2D eigenvalue weighted by molar-refractivity contribution is -0.104. The van der Waals surface area contributed by atoms with E-state index in [1.165, 1.54) is 11.8 Å². The number of nitrogens with zero attached hydrogens (tertiary/aromatic N) is 1. The standard InChI is InChI=1S/C17H17ClN2O2S.C2H6O/c1-3-15(19)20-17-14(8-13(9-21)23-17)10(2)16(22)11-5-4-6-12(18)7-11;1-2-3/h3-10,14H,19H2,1-2H3;3H,2H2,1H3/b15-3-,20-17+;. The van der Waals surface area contributed by atoms with Crippen LogP contribution < -0.4 is 5.73 Å². The first-order valence-electron chi connectivity index (χ1n) is 8.13. The summed E-state index contributed by atoms with van der Waals surface area (Å²) in [6, 6.07) is 6.84. The van der Waals surface area contributed by atoms with Crippen LogP contribution >= 0.6 is 23.4 Å².